The minimum Gasteiger partial charge on any atom is -0.504 e. The van der Waals surface area contributed by atoms with Gasteiger partial charge >= 0.3 is 5.97 Å². The van der Waals surface area contributed by atoms with E-state index < -0.39 is 0 Å². The van der Waals surface area contributed by atoms with E-state index in [0.717, 1.165) is 5.56 Å². The lowest BCUT2D eigenvalue weighted by Gasteiger charge is -2.32. The smallest absolute Gasteiger partial charge is 0.308 e. The van der Waals surface area contributed by atoms with E-state index in [0.29, 0.717) is 32.4 Å². The Morgan fingerprint density at radius 1 is 1.26 bits per heavy atom. The number of ether oxygens (including phenoxy) is 1. The predicted molar refractivity (Wildman–Crippen MR) is 84.0 cm³/mol. The first-order chi connectivity index (χ1) is 10.9. The molecule has 6 nitrogen and oxygen atoms in total. The summed E-state index contributed by atoms with van der Waals surface area (Å²) in [5.74, 6) is -0.855. The van der Waals surface area contributed by atoms with Crippen LogP contribution in [0, 0.1) is 11.8 Å². The number of carbonyl (C=O) groups excluding carboxylic acids is 2. The van der Waals surface area contributed by atoms with Crippen LogP contribution in [0.25, 0.3) is 0 Å². The van der Waals surface area contributed by atoms with Crippen molar-refractivity contribution in [2.24, 2.45) is 11.8 Å². The Morgan fingerprint density at radius 3 is 2.48 bits per heavy atom. The molecule has 0 aromatic heterocycles. The molecule has 1 atom stereocenters. The average molecular weight is 321 g/mol. The summed E-state index contributed by atoms with van der Waals surface area (Å²) in [6.45, 7) is 2.96. The lowest BCUT2D eigenvalue weighted by Crippen LogP contribution is -2.43. The molecule has 1 aromatic rings. The molecule has 1 fully saturated rings. The number of nitrogens with zero attached hydrogens (tertiary/aromatic N) is 1. The zero-order valence-electron chi connectivity index (χ0n) is 13.5. The molecule has 0 spiro atoms. The van der Waals surface area contributed by atoms with Crippen LogP contribution in [0.3, 0.4) is 0 Å². The number of rotatable bonds is 4. The van der Waals surface area contributed by atoms with Crippen molar-refractivity contribution < 1.29 is 24.5 Å². The fraction of sp³-hybridized carbons (Fsp3) is 0.529. The molecule has 1 aromatic carbocycles. The highest BCUT2D eigenvalue weighted by molar-refractivity contribution is 5.79. The van der Waals surface area contributed by atoms with Gasteiger partial charge in [-0.1, -0.05) is 13.0 Å². The molecule has 23 heavy (non-hydrogen) atoms. The number of aromatic hydroxyl groups is 2. The average Bonchev–Trinajstić information content (AvgIpc) is 2.57. The van der Waals surface area contributed by atoms with Crippen LogP contribution in [-0.4, -0.2) is 47.2 Å². The summed E-state index contributed by atoms with van der Waals surface area (Å²) in [6.07, 6.45) is 1.75. The molecule has 1 saturated heterocycles. The highest BCUT2D eigenvalue weighted by Gasteiger charge is 2.29. The third kappa shape index (κ3) is 4.15. The van der Waals surface area contributed by atoms with Crippen molar-refractivity contribution in [1.29, 1.82) is 0 Å². The molecule has 1 amide bonds. The Hall–Kier alpha value is -2.24. The van der Waals surface area contributed by atoms with Crippen molar-refractivity contribution in [3.05, 3.63) is 23.8 Å². The van der Waals surface area contributed by atoms with Gasteiger partial charge in [0.2, 0.25) is 5.91 Å². The number of hydrogen-bond acceptors (Lipinski definition) is 5. The third-order valence-corrected chi connectivity index (χ3v) is 4.34. The molecule has 1 aliphatic heterocycles. The number of esters is 1. The van der Waals surface area contributed by atoms with Crippen LogP contribution in [0.15, 0.2) is 18.2 Å². The second-order valence-corrected chi connectivity index (χ2v) is 6.05. The summed E-state index contributed by atoms with van der Waals surface area (Å²) in [5, 5.41) is 18.8. The van der Waals surface area contributed by atoms with Gasteiger partial charge in [0.25, 0.3) is 0 Å². The van der Waals surface area contributed by atoms with E-state index in [1.165, 1.54) is 19.2 Å². The van der Waals surface area contributed by atoms with E-state index in [-0.39, 0.29) is 35.2 Å². The maximum atomic E-state index is 12.5. The second-order valence-electron chi connectivity index (χ2n) is 6.05. The second kappa shape index (κ2) is 7.35. The molecule has 0 bridgehead atoms. The monoisotopic (exact) mass is 321 g/mol. The summed E-state index contributed by atoms with van der Waals surface area (Å²) >= 11 is 0. The Bertz CT molecular complexity index is 578. The maximum absolute atomic E-state index is 12.5. The number of methoxy groups -OCH3 is 1. The van der Waals surface area contributed by atoms with Gasteiger partial charge in [-0.15, -0.1) is 0 Å². The lowest BCUT2D eigenvalue weighted by atomic mass is 9.94. The van der Waals surface area contributed by atoms with Gasteiger partial charge in [0.15, 0.2) is 11.5 Å². The number of phenolic OH excluding ortho intramolecular Hbond substituents is 2. The number of benzene rings is 1. The van der Waals surface area contributed by atoms with Crippen LogP contribution in [0.2, 0.25) is 0 Å². The topological polar surface area (TPSA) is 87.1 Å². The first kappa shape index (κ1) is 17.1. The van der Waals surface area contributed by atoms with E-state index in [4.69, 9.17) is 4.74 Å². The van der Waals surface area contributed by atoms with Gasteiger partial charge < -0.3 is 19.8 Å². The van der Waals surface area contributed by atoms with Gasteiger partial charge in [-0.05, 0) is 37.0 Å². The molecule has 0 saturated carbocycles. The van der Waals surface area contributed by atoms with E-state index in [1.807, 2.05) is 6.92 Å². The minimum absolute atomic E-state index is 0.0425. The predicted octanol–water partition coefficient (Wildman–Crippen LogP) is 1.69. The van der Waals surface area contributed by atoms with Gasteiger partial charge in [0, 0.05) is 19.0 Å². The summed E-state index contributed by atoms with van der Waals surface area (Å²) < 4.78 is 4.75. The summed E-state index contributed by atoms with van der Waals surface area (Å²) in [4.78, 5) is 25.8. The quantitative estimate of drug-likeness (QED) is 0.651. The molecule has 1 aliphatic rings. The molecule has 0 radical (unpaired) electrons. The molecule has 126 valence electrons. The van der Waals surface area contributed by atoms with E-state index in [9.17, 15) is 19.8 Å². The molecule has 2 rings (SSSR count). The first-order valence-electron chi connectivity index (χ1n) is 7.79. The maximum Gasteiger partial charge on any atom is 0.308 e. The summed E-state index contributed by atoms with van der Waals surface area (Å²) in [5.41, 5.74) is 0.797. The van der Waals surface area contributed by atoms with Crippen LogP contribution in [0.5, 0.6) is 11.5 Å². The third-order valence-electron chi connectivity index (χ3n) is 4.34. The molecular weight excluding hydrogens is 298 g/mol. The SMILES string of the molecule is COC(=O)C1CCN(C(=O)C(C)Cc2ccc(O)c(O)c2)CC1. The van der Waals surface area contributed by atoms with E-state index >= 15 is 0 Å². The van der Waals surface area contributed by atoms with Crippen LogP contribution in [0.4, 0.5) is 0 Å². The Labute approximate surface area is 135 Å². The highest BCUT2D eigenvalue weighted by Crippen LogP contribution is 2.27. The van der Waals surface area contributed by atoms with Crippen molar-refractivity contribution in [2.45, 2.75) is 26.2 Å². The molecule has 6 heteroatoms. The van der Waals surface area contributed by atoms with Crippen LogP contribution < -0.4 is 0 Å². The number of piperidine rings is 1. The molecule has 1 heterocycles. The zero-order chi connectivity index (χ0) is 17.0. The number of hydrogen-bond donors (Lipinski definition) is 2. The lowest BCUT2D eigenvalue weighted by molar-refractivity contribution is -0.149. The van der Waals surface area contributed by atoms with Gasteiger partial charge in [0.05, 0.1) is 13.0 Å². The number of amides is 1. The Balaban J connectivity index is 1.90. The van der Waals surface area contributed by atoms with Crippen molar-refractivity contribution in [3.8, 4) is 11.5 Å². The molecule has 0 aliphatic carbocycles. The standard InChI is InChI=1S/C17H23NO5/c1-11(9-12-3-4-14(19)15(20)10-12)16(21)18-7-5-13(6-8-18)17(22)23-2/h3-4,10-11,13,19-20H,5-9H2,1-2H3. The summed E-state index contributed by atoms with van der Waals surface area (Å²) in [6, 6.07) is 4.59. The fourth-order valence-electron chi connectivity index (χ4n) is 2.95. The highest BCUT2D eigenvalue weighted by atomic mass is 16.5. The minimum atomic E-state index is -0.228. The van der Waals surface area contributed by atoms with Crippen LogP contribution in [0.1, 0.15) is 25.3 Å². The van der Waals surface area contributed by atoms with Gasteiger partial charge in [0.1, 0.15) is 0 Å². The van der Waals surface area contributed by atoms with Gasteiger partial charge in [-0.2, -0.15) is 0 Å². The normalized spacial score (nSPS) is 16.9. The fourth-order valence-corrected chi connectivity index (χ4v) is 2.95. The molecule has 2 N–H and O–H groups in total. The van der Waals surface area contributed by atoms with E-state index in [2.05, 4.69) is 0 Å². The number of phenols is 2. The number of likely N-dealkylation sites (tertiary alicyclic amines) is 1. The zero-order valence-corrected chi connectivity index (χ0v) is 13.5. The van der Waals surface area contributed by atoms with Crippen molar-refractivity contribution in [1.82, 2.24) is 4.90 Å². The largest absolute Gasteiger partial charge is 0.504 e. The molecular formula is C17H23NO5. The Morgan fingerprint density at radius 2 is 1.91 bits per heavy atom. The Kier molecular flexibility index (Phi) is 5.47. The first-order valence-corrected chi connectivity index (χ1v) is 7.79. The van der Waals surface area contributed by atoms with Crippen molar-refractivity contribution >= 4 is 11.9 Å². The summed E-state index contributed by atoms with van der Waals surface area (Å²) in [7, 11) is 1.38. The van der Waals surface area contributed by atoms with E-state index in [1.54, 1.807) is 11.0 Å². The van der Waals surface area contributed by atoms with Gasteiger partial charge in [-0.25, -0.2) is 0 Å². The van der Waals surface area contributed by atoms with Crippen molar-refractivity contribution in [3.63, 3.8) is 0 Å². The van der Waals surface area contributed by atoms with Crippen LogP contribution >= 0.6 is 0 Å². The van der Waals surface area contributed by atoms with Crippen LogP contribution in [-0.2, 0) is 20.7 Å². The molecule has 1 unspecified atom stereocenters. The van der Waals surface area contributed by atoms with Gasteiger partial charge in [-0.3, -0.25) is 9.59 Å². The van der Waals surface area contributed by atoms with Crippen molar-refractivity contribution in [2.75, 3.05) is 20.2 Å². The number of carbonyl (C=O) groups is 2.